The molecule has 1 amide bonds. The highest BCUT2D eigenvalue weighted by atomic mass is 32.2. The molecule has 0 radical (unpaired) electrons. The van der Waals surface area contributed by atoms with E-state index in [0.717, 1.165) is 61.2 Å². The number of nitro groups is 1. The van der Waals surface area contributed by atoms with Gasteiger partial charge in [-0.3, -0.25) is 19.8 Å². The molecular formula is C48H54N6O7S. The van der Waals surface area contributed by atoms with Crippen LogP contribution in [-0.2, 0) is 10.0 Å². The number of hydrogen-bond acceptors (Lipinski definition) is 10. The van der Waals surface area contributed by atoms with E-state index in [9.17, 15) is 28.4 Å². The Bertz CT molecular complexity index is 2630. The van der Waals surface area contributed by atoms with E-state index in [2.05, 4.69) is 55.2 Å². The van der Waals surface area contributed by atoms with Crippen LogP contribution in [0.5, 0.6) is 11.5 Å². The molecule has 62 heavy (non-hydrogen) atoms. The second-order valence-corrected chi connectivity index (χ2v) is 19.3. The van der Waals surface area contributed by atoms with Crippen LogP contribution < -0.4 is 14.8 Å². The summed E-state index contributed by atoms with van der Waals surface area (Å²) in [6.45, 7) is 3.50. The first kappa shape index (κ1) is 41.8. The molecule has 3 aromatic carbocycles. The zero-order chi connectivity index (χ0) is 43.0. The van der Waals surface area contributed by atoms with Gasteiger partial charge in [-0.1, -0.05) is 43.3 Å². The second kappa shape index (κ2) is 17.3. The molecule has 0 bridgehead atoms. The minimum absolute atomic E-state index is 0.0229. The number of benzene rings is 3. The fourth-order valence-electron chi connectivity index (χ4n) is 9.86. The standard InChI is InChI=1S/C48H54N6O7S/c1-2-48(56)22-19-31(20-23-48)29-50-42-18-16-38(28-44(42)54(57)58)62(59,60)52-47(55)41-17-13-34(27-45(41)61-37-26-35-21-24-49-46(35)51-30-37)32-11-14-36(15-12-32)53-25-5-8-43(53)40-7-4-3-6-39(40)33-9-10-33/h3-4,6-7,11,13,16-18,21,24,26-28,30-31,33,36,43,50,56H,2,5,8-10,12,14-15,19-20,22-23,25,29H2,1H3,(H,49,51)(H,52,55)/t31?,36?,43-,48?/m1/s1. The monoisotopic (exact) mass is 858 g/mol. The number of likely N-dealkylation sites (tertiary alicyclic amines) is 1. The van der Waals surface area contributed by atoms with Crippen LogP contribution in [0.15, 0.2) is 96.2 Å². The van der Waals surface area contributed by atoms with Crippen LogP contribution in [-0.4, -0.2) is 64.0 Å². The molecule has 5 aromatic rings. The number of allylic oxidation sites excluding steroid dienone is 1. The van der Waals surface area contributed by atoms with Crippen LogP contribution in [0.2, 0.25) is 0 Å². The summed E-state index contributed by atoms with van der Waals surface area (Å²) in [6, 6.07) is 22.2. The van der Waals surface area contributed by atoms with Crippen molar-refractivity contribution in [3.8, 4) is 11.5 Å². The highest BCUT2D eigenvalue weighted by molar-refractivity contribution is 7.90. The highest BCUT2D eigenvalue weighted by Gasteiger charge is 2.37. The highest BCUT2D eigenvalue weighted by Crippen LogP contribution is 2.47. The number of ether oxygens (including phenoxy) is 1. The lowest BCUT2D eigenvalue weighted by atomic mass is 9.77. The Balaban J connectivity index is 0.935. The summed E-state index contributed by atoms with van der Waals surface area (Å²) in [7, 11) is -4.56. The normalized spacial score (nSPS) is 23.2. The van der Waals surface area contributed by atoms with Gasteiger partial charge in [0, 0.05) is 36.3 Å². The Kier molecular flexibility index (Phi) is 11.7. The minimum atomic E-state index is -4.56. The molecule has 14 heteroatoms. The number of anilines is 1. The Morgan fingerprint density at radius 2 is 1.82 bits per heavy atom. The summed E-state index contributed by atoms with van der Waals surface area (Å²) in [5, 5.41) is 26.7. The number of carbonyl (C=O) groups excluding carboxylic acids is 1. The smallest absolute Gasteiger partial charge is 0.293 e. The predicted molar refractivity (Wildman–Crippen MR) is 239 cm³/mol. The molecule has 2 aromatic heterocycles. The van der Waals surface area contributed by atoms with E-state index in [1.165, 1.54) is 55.1 Å². The lowest BCUT2D eigenvalue weighted by Crippen LogP contribution is -2.36. The quantitative estimate of drug-likeness (QED) is 0.0620. The number of H-pyrrole nitrogens is 1. The number of fused-ring (bicyclic) bond motifs is 1. The number of rotatable bonds is 14. The maximum atomic E-state index is 14.0. The largest absolute Gasteiger partial charge is 0.455 e. The number of nitrogens with zero attached hydrogens (tertiary/aromatic N) is 3. The molecular weight excluding hydrogens is 805 g/mol. The number of aliphatic hydroxyl groups is 1. The molecule has 3 heterocycles. The van der Waals surface area contributed by atoms with Gasteiger partial charge in [0.15, 0.2) is 0 Å². The lowest BCUT2D eigenvalue weighted by Gasteiger charge is -2.36. The van der Waals surface area contributed by atoms with Crippen LogP contribution >= 0.6 is 0 Å². The van der Waals surface area contributed by atoms with Crippen LogP contribution in [0.4, 0.5) is 11.4 Å². The van der Waals surface area contributed by atoms with E-state index in [4.69, 9.17) is 4.74 Å². The van der Waals surface area contributed by atoms with Crippen molar-refractivity contribution < 1.29 is 28.0 Å². The molecule has 2 atom stereocenters. The Morgan fingerprint density at radius 1 is 1.02 bits per heavy atom. The summed E-state index contributed by atoms with van der Waals surface area (Å²) >= 11 is 0. The zero-order valence-electron chi connectivity index (χ0n) is 35.0. The molecule has 4 N–H and O–H groups in total. The van der Waals surface area contributed by atoms with Gasteiger partial charge in [-0.2, -0.15) is 0 Å². The topological polar surface area (TPSA) is 180 Å². The van der Waals surface area contributed by atoms with Crippen molar-refractivity contribution in [2.75, 3.05) is 18.4 Å². The maximum absolute atomic E-state index is 14.0. The first-order chi connectivity index (χ1) is 30.0. The van der Waals surface area contributed by atoms with Gasteiger partial charge in [0.05, 0.1) is 27.2 Å². The Hall–Kier alpha value is -5.57. The van der Waals surface area contributed by atoms with Crippen LogP contribution in [0, 0.1) is 16.0 Å². The van der Waals surface area contributed by atoms with Gasteiger partial charge in [0.25, 0.3) is 21.6 Å². The summed E-state index contributed by atoms with van der Waals surface area (Å²) in [6.07, 6.45) is 16.8. The number of sulfonamides is 1. The van der Waals surface area contributed by atoms with Gasteiger partial charge < -0.3 is 20.1 Å². The molecule has 1 unspecified atom stereocenters. The van der Waals surface area contributed by atoms with E-state index in [1.54, 1.807) is 24.4 Å². The predicted octanol–water partition coefficient (Wildman–Crippen LogP) is 9.78. The second-order valence-electron chi connectivity index (χ2n) is 17.6. The van der Waals surface area contributed by atoms with Gasteiger partial charge in [-0.15, -0.1) is 0 Å². The fraction of sp³-hybridized carbons (Fsp3) is 0.417. The molecule has 1 saturated heterocycles. The Morgan fingerprint density at radius 3 is 2.56 bits per heavy atom. The molecule has 2 saturated carbocycles. The van der Waals surface area contributed by atoms with Gasteiger partial charge in [0.2, 0.25) is 0 Å². The van der Waals surface area contributed by atoms with Crippen molar-refractivity contribution in [3.05, 3.63) is 124 Å². The number of aromatic nitrogens is 2. The number of nitro benzene ring substituents is 1. The number of aromatic amines is 1. The molecule has 4 aliphatic rings. The molecule has 0 spiro atoms. The van der Waals surface area contributed by atoms with E-state index in [-0.39, 0.29) is 22.9 Å². The average molecular weight is 859 g/mol. The van der Waals surface area contributed by atoms with Gasteiger partial charge >= 0.3 is 0 Å². The number of amides is 1. The average Bonchev–Trinajstić information content (AvgIpc) is 3.82. The fourth-order valence-corrected chi connectivity index (χ4v) is 10.8. The molecule has 13 nitrogen and oxygen atoms in total. The third kappa shape index (κ3) is 8.86. The summed E-state index contributed by atoms with van der Waals surface area (Å²) in [5.74, 6) is 0.481. The molecule has 324 valence electrons. The number of carbonyl (C=O) groups is 1. The van der Waals surface area contributed by atoms with Crippen molar-refractivity contribution in [2.24, 2.45) is 5.92 Å². The van der Waals surface area contributed by atoms with Crippen molar-refractivity contribution in [1.82, 2.24) is 19.6 Å². The van der Waals surface area contributed by atoms with Gasteiger partial charge in [0.1, 0.15) is 22.8 Å². The molecule has 3 fully saturated rings. The zero-order valence-corrected chi connectivity index (χ0v) is 35.8. The number of pyridine rings is 1. The van der Waals surface area contributed by atoms with E-state index >= 15 is 0 Å². The van der Waals surface area contributed by atoms with Crippen molar-refractivity contribution in [1.29, 1.82) is 0 Å². The van der Waals surface area contributed by atoms with Crippen LogP contribution in [0.25, 0.3) is 16.6 Å². The van der Waals surface area contributed by atoms with Gasteiger partial charge in [-0.25, -0.2) is 18.1 Å². The first-order valence-electron chi connectivity index (χ1n) is 22.1. The first-order valence-corrected chi connectivity index (χ1v) is 23.6. The molecule has 3 aliphatic carbocycles. The number of hydrogen-bond donors (Lipinski definition) is 4. The molecule has 1 aliphatic heterocycles. The van der Waals surface area contributed by atoms with E-state index in [1.807, 2.05) is 19.1 Å². The Labute approximate surface area is 362 Å². The maximum Gasteiger partial charge on any atom is 0.293 e. The molecule has 9 rings (SSSR count). The van der Waals surface area contributed by atoms with Crippen molar-refractivity contribution in [3.63, 3.8) is 0 Å². The third-order valence-electron chi connectivity index (χ3n) is 13.7. The SMILES string of the molecule is CCC1(O)CCC(CNc2ccc(S(=O)(=O)NC(=O)c3ccc(C4=CCC(N5CCC[C@@H]5c5ccccc5C5CC5)CC4)cc3Oc3cnc4[nH]ccc4c3)cc2[N+](=O)[O-])CC1. The van der Waals surface area contributed by atoms with E-state index in [0.29, 0.717) is 55.2 Å². The summed E-state index contributed by atoms with van der Waals surface area (Å²) < 4.78 is 36.0. The van der Waals surface area contributed by atoms with E-state index < -0.39 is 37.0 Å². The lowest BCUT2D eigenvalue weighted by molar-refractivity contribution is -0.384. The van der Waals surface area contributed by atoms with Crippen LogP contribution in [0.1, 0.15) is 123 Å². The summed E-state index contributed by atoms with van der Waals surface area (Å²) in [4.78, 5) is 35.3. The minimum Gasteiger partial charge on any atom is -0.455 e. The van der Waals surface area contributed by atoms with Crippen LogP contribution in [0.3, 0.4) is 0 Å². The third-order valence-corrected chi connectivity index (χ3v) is 15.0. The van der Waals surface area contributed by atoms with Gasteiger partial charge in [-0.05, 0) is 154 Å². The summed E-state index contributed by atoms with van der Waals surface area (Å²) in [5.41, 5.74) is 4.77. The van der Waals surface area contributed by atoms with Crippen molar-refractivity contribution in [2.45, 2.75) is 112 Å². The number of nitrogens with one attached hydrogen (secondary N) is 3. The van der Waals surface area contributed by atoms with Crippen molar-refractivity contribution >= 4 is 43.9 Å².